The second-order valence-corrected chi connectivity index (χ2v) is 5.53. The first-order chi connectivity index (χ1) is 9.70. The number of hydrogen-bond acceptors (Lipinski definition) is 2. The van der Waals surface area contributed by atoms with E-state index in [-0.39, 0.29) is 0 Å². The second-order valence-electron chi connectivity index (χ2n) is 5.53. The van der Waals surface area contributed by atoms with Crippen molar-refractivity contribution in [1.82, 2.24) is 9.97 Å². The maximum atomic E-state index is 4.34. The summed E-state index contributed by atoms with van der Waals surface area (Å²) in [5.74, 6) is 1.01. The average Bonchev–Trinajstić information content (AvgIpc) is 2.95. The molecule has 1 aromatic carbocycles. The third-order valence-electron chi connectivity index (χ3n) is 3.56. The highest BCUT2D eigenvalue weighted by atomic mass is 15.2. The molecule has 1 N–H and O–H groups in total. The molecule has 0 aliphatic heterocycles. The highest BCUT2D eigenvalue weighted by molar-refractivity contribution is 5.49. The topological polar surface area (TPSA) is 31.9 Å². The summed E-state index contributed by atoms with van der Waals surface area (Å²) in [5, 5.41) is 0. The van der Waals surface area contributed by atoms with Gasteiger partial charge >= 0.3 is 0 Å². The number of aromatic amines is 1. The molecule has 0 aliphatic rings. The summed E-state index contributed by atoms with van der Waals surface area (Å²) < 4.78 is 0. The standard InChI is InChI=1S/C17H25N3/c1-4-5-7-15-8-6-9-16(12-15)20(14(2)3)13-17-18-10-11-19-17/h6,8-12,14H,4-5,7,13H2,1-3H3,(H,18,19). The van der Waals surface area contributed by atoms with E-state index in [9.17, 15) is 0 Å². The van der Waals surface area contributed by atoms with Gasteiger partial charge in [0.15, 0.2) is 0 Å². The fourth-order valence-corrected chi connectivity index (χ4v) is 2.39. The number of nitrogens with zero attached hydrogens (tertiary/aromatic N) is 2. The monoisotopic (exact) mass is 271 g/mol. The van der Waals surface area contributed by atoms with Crippen LogP contribution < -0.4 is 4.90 Å². The van der Waals surface area contributed by atoms with Crippen molar-refractivity contribution < 1.29 is 0 Å². The Labute approximate surface area is 122 Å². The summed E-state index contributed by atoms with van der Waals surface area (Å²) in [4.78, 5) is 9.91. The van der Waals surface area contributed by atoms with Gasteiger partial charge < -0.3 is 9.88 Å². The van der Waals surface area contributed by atoms with Crippen molar-refractivity contribution >= 4 is 5.69 Å². The molecule has 0 amide bonds. The van der Waals surface area contributed by atoms with E-state index < -0.39 is 0 Å². The van der Waals surface area contributed by atoms with E-state index in [4.69, 9.17) is 0 Å². The zero-order chi connectivity index (χ0) is 14.4. The summed E-state index contributed by atoms with van der Waals surface area (Å²) in [6.45, 7) is 7.51. The van der Waals surface area contributed by atoms with Gasteiger partial charge in [-0.1, -0.05) is 25.5 Å². The van der Waals surface area contributed by atoms with Crippen LogP contribution in [0, 0.1) is 0 Å². The minimum atomic E-state index is 0.446. The van der Waals surface area contributed by atoms with Crippen LogP contribution in [-0.2, 0) is 13.0 Å². The van der Waals surface area contributed by atoms with Crippen LogP contribution in [0.3, 0.4) is 0 Å². The summed E-state index contributed by atoms with van der Waals surface area (Å²) >= 11 is 0. The third kappa shape index (κ3) is 3.86. The lowest BCUT2D eigenvalue weighted by atomic mass is 10.1. The smallest absolute Gasteiger partial charge is 0.125 e. The van der Waals surface area contributed by atoms with Crippen LogP contribution in [0.5, 0.6) is 0 Å². The van der Waals surface area contributed by atoms with Crippen molar-refractivity contribution in [2.45, 2.75) is 52.6 Å². The van der Waals surface area contributed by atoms with Gasteiger partial charge in [-0.15, -0.1) is 0 Å². The van der Waals surface area contributed by atoms with Crippen molar-refractivity contribution in [3.05, 3.63) is 48.0 Å². The number of imidazole rings is 1. The minimum absolute atomic E-state index is 0.446. The number of benzene rings is 1. The number of aromatic nitrogens is 2. The van der Waals surface area contributed by atoms with Crippen molar-refractivity contribution in [2.75, 3.05) is 4.90 Å². The number of hydrogen-bond donors (Lipinski definition) is 1. The normalized spacial score (nSPS) is 11.0. The Hall–Kier alpha value is -1.77. The lowest BCUT2D eigenvalue weighted by molar-refractivity contribution is 0.665. The van der Waals surface area contributed by atoms with Crippen LogP contribution in [0.2, 0.25) is 0 Å². The lowest BCUT2D eigenvalue weighted by Crippen LogP contribution is -2.30. The fraction of sp³-hybridized carbons (Fsp3) is 0.471. The van der Waals surface area contributed by atoms with Gasteiger partial charge in [0.2, 0.25) is 0 Å². The zero-order valence-corrected chi connectivity index (χ0v) is 12.8. The Morgan fingerprint density at radius 2 is 2.15 bits per heavy atom. The molecule has 108 valence electrons. The predicted octanol–water partition coefficient (Wildman–Crippen LogP) is 4.17. The molecule has 0 saturated heterocycles. The number of rotatable bonds is 7. The third-order valence-corrected chi connectivity index (χ3v) is 3.56. The van der Waals surface area contributed by atoms with E-state index >= 15 is 0 Å². The quantitative estimate of drug-likeness (QED) is 0.819. The van der Waals surface area contributed by atoms with Gasteiger partial charge in [0.05, 0.1) is 6.54 Å². The van der Waals surface area contributed by atoms with Gasteiger partial charge in [0, 0.05) is 24.1 Å². The lowest BCUT2D eigenvalue weighted by Gasteiger charge is -2.28. The van der Waals surface area contributed by atoms with Crippen LogP contribution in [0.15, 0.2) is 36.7 Å². The second kappa shape index (κ2) is 7.13. The number of H-pyrrole nitrogens is 1. The molecule has 3 heteroatoms. The molecular formula is C17H25N3. The van der Waals surface area contributed by atoms with E-state index in [2.05, 4.69) is 59.9 Å². The van der Waals surface area contributed by atoms with E-state index in [0.717, 1.165) is 18.8 Å². The van der Waals surface area contributed by atoms with E-state index in [1.165, 1.54) is 24.1 Å². The van der Waals surface area contributed by atoms with Gasteiger partial charge in [0.1, 0.15) is 5.82 Å². The Bertz CT molecular complexity index is 503. The van der Waals surface area contributed by atoms with Crippen molar-refractivity contribution in [1.29, 1.82) is 0 Å². The first-order valence-electron chi connectivity index (χ1n) is 7.54. The molecule has 1 aromatic heterocycles. The molecule has 1 heterocycles. The number of unbranched alkanes of at least 4 members (excludes halogenated alkanes) is 1. The number of nitrogens with one attached hydrogen (secondary N) is 1. The molecule has 0 unspecified atom stereocenters. The molecule has 20 heavy (non-hydrogen) atoms. The van der Waals surface area contributed by atoms with E-state index in [1.807, 2.05) is 12.4 Å². The summed E-state index contributed by atoms with van der Waals surface area (Å²) in [6, 6.07) is 9.35. The molecule has 0 atom stereocenters. The summed E-state index contributed by atoms with van der Waals surface area (Å²) in [7, 11) is 0. The Morgan fingerprint density at radius 3 is 2.80 bits per heavy atom. The molecule has 3 nitrogen and oxygen atoms in total. The Morgan fingerprint density at radius 1 is 1.30 bits per heavy atom. The van der Waals surface area contributed by atoms with Gasteiger partial charge in [-0.3, -0.25) is 0 Å². The zero-order valence-electron chi connectivity index (χ0n) is 12.8. The largest absolute Gasteiger partial charge is 0.362 e. The van der Waals surface area contributed by atoms with Crippen molar-refractivity contribution in [2.24, 2.45) is 0 Å². The van der Waals surface area contributed by atoms with Crippen LogP contribution in [0.4, 0.5) is 5.69 Å². The molecule has 0 bridgehead atoms. The maximum absolute atomic E-state index is 4.34. The molecule has 2 rings (SSSR count). The van der Waals surface area contributed by atoms with Crippen molar-refractivity contribution in [3.63, 3.8) is 0 Å². The molecule has 0 aliphatic carbocycles. The highest BCUT2D eigenvalue weighted by Crippen LogP contribution is 2.21. The maximum Gasteiger partial charge on any atom is 0.125 e. The highest BCUT2D eigenvalue weighted by Gasteiger charge is 2.12. The van der Waals surface area contributed by atoms with E-state index in [0.29, 0.717) is 6.04 Å². The summed E-state index contributed by atoms with van der Waals surface area (Å²) in [5.41, 5.74) is 2.71. The Balaban J connectivity index is 2.16. The van der Waals surface area contributed by atoms with Crippen LogP contribution in [0.25, 0.3) is 0 Å². The van der Waals surface area contributed by atoms with Gasteiger partial charge in [0.25, 0.3) is 0 Å². The summed E-state index contributed by atoms with van der Waals surface area (Å²) in [6.07, 6.45) is 7.35. The average molecular weight is 271 g/mol. The van der Waals surface area contributed by atoms with Gasteiger partial charge in [-0.2, -0.15) is 0 Å². The van der Waals surface area contributed by atoms with Crippen molar-refractivity contribution in [3.8, 4) is 0 Å². The Kier molecular flexibility index (Phi) is 5.22. The number of anilines is 1. The van der Waals surface area contributed by atoms with Crippen LogP contribution in [0.1, 0.15) is 45.0 Å². The van der Waals surface area contributed by atoms with Gasteiger partial charge in [-0.25, -0.2) is 4.98 Å². The van der Waals surface area contributed by atoms with Crippen LogP contribution in [-0.4, -0.2) is 16.0 Å². The molecular weight excluding hydrogens is 246 g/mol. The first-order valence-corrected chi connectivity index (χ1v) is 7.54. The first kappa shape index (κ1) is 14.6. The molecule has 2 aromatic rings. The predicted molar refractivity (Wildman–Crippen MR) is 85.0 cm³/mol. The molecule has 0 saturated carbocycles. The van der Waals surface area contributed by atoms with E-state index in [1.54, 1.807) is 0 Å². The molecule has 0 fully saturated rings. The minimum Gasteiger partial charge on any atom is -0.362 e. The van der Waals surface area contributed by atoms with Gasteiger partial charge in [-0.05, 0) is 44.4 Å². The molecule has 0 spiro atoms. The number of aryl methyl sites for hydroxylation is 1. The SMILES string of the molecule is CCCCc1cccc(N(Cc2ncc[nH]2)C(C)C)c1. The fourth-order valence-electron chi connectivity index (χ4n) is 2.39. The molecule has 0 radical (unpaired) electrons. The van der Waals surface area contributed by atoms with Crippen LogP contribution >= 0.6 is 0 Å².